The molecule has 0 atom stereocenters. The molecule has 2 aromatic rings. The number of carbonyl (C=O) groups is 2. The van der Waals surface area contributed by atoms with E-state index in [2.05, 4.69) is 10.5 Å². The standard InChI is InChI=1S/C15H13N3O5/c1-10-6-13(18-23-10)17-14(19)8-22-15(20)9-21-12-4-2-11(7-16)3-5-12/h2-6H,8-9H2,1H3,(H,17,18,19). The van der Waals surface area contributed by atoms with E-state index in [4.69, 9.17) is 19.3 Å². The summed E-state index contributed by atoms with van der Waals surface area (Å²) in [6.07, 6.45) is 0. The molecule has 0 fully saturated rings. The number of amides is 1. The molecule has 8 heteroatoms. The topological polar surface area (TPSA) is 114 Å². The molecule has 0 aliphatic rings. The molecule has 0 aliphatic heterocycles. The van der Waals surface area contributed by atoms with E-state index in [0.717, 1.165) is 0 Å². The highest BCUT2D eigenvalue weighted by Gasteiger charge is 2.10. The Morgan fingerprint density at radius 2 is 2.04 bits per heavy atom. The van der Waals surface area contributed by atoms with Crippen molar-refractivity contribution in [2.75, 3.05) is 18.5 Å². The van der Waals surface area contributed by atoms with Gasteiger partial charge in [0.15, 0.2) is 19.0 Å². The van der Waals surface area contributed by atoms with Crippen LogP contribution < -0.4 is 10.1 Å². The van der Waals surface area contributed by atoms with Gasteiger partial charge in [0.1, 0.15) is 11.5 Å². The number of nitrogens with zero attached hydrogens (tertiary/aromatic N) is 2. The highest BCUT2D eigenvalue weighted by atomic mass is 16.6. The monoisotopic (exact) mass is 315 g/mol. The molecule has 2 rings (SSSR count). The first-order valence-corrected chi connectivity index (χ1v) is 6.58. The Hall–Kier alpha value is -3.34. The van der Waals surface area contributed by atoms with Crippen molar-refractivity contribution in [3.63, 3.8) is 0 Å². The molecule has 0 radical (unpaired) electrons. The van der Waals surface area contributed by atoms with Gasteiger partial charge in [0, 0.05) is 6.07 Å². The minimum atomic E-state index is -0.694. The molecule has 23 heavy (non-hydrogen) atoms. The molecule has 1 N–H and O–H groups in total. The highest BCUT2D eigenvalue weighted by Crippen LogP contribution is 2.11. The zero-order chi connectivity index (χ0) is 16.7. The van der Waals surface area contributed by atoms with Gasteiger partial charge in [0.2, 0.25) is 0 Å². The van der Waals surface area contributed by atoms with Crippen molar-refractivity contribution >= 4 is 17.7 Å². The fourth-order valence-corrected chi connectivity index (χ4v) is 1.56. The lowest BCUT2D eigenvalue weighted by atomic mass is 10.2. The quantitative estimate of drug-likeness (QED) is 0.801. The number of nitrogens with one attached hydrogen (secondary N) is 1. The number of benzene rings is 1. The Morgan fingerprint density at radius 3 is 2.65 bits per heavy atom. The number of carbonyl (C=O) groups excluding carboxylic acids is 2. The minimum absolute atomic E-state index is 0.248. The summed E-state index contributed by atoms with van der Waals surface area (Å²) in [5.41, 5.74) is 0.486. The zero-order valence-electron chi connectivity index (χ0n) is 12.2. The van der Waals surface area contributed by atoms with E-state index < -0.39 is 18.5 Å². The first-order valence-electron chi connectivity index (χ1n) is 6.58. The molecule has 1 heterocycles. The Balaban J connectivity index is 1.70. The lowest BCUT2D eigenvalue weighted by molar-refractivity contribution is -0.149. The number of rotatable bonds is 6. The lowest BCUT2D eigenvalue weighted by Crippen LogP contribution is -2.23. The van der Waals surface area contributed by atoms with Crippen LogP contribution in [0, 0.1) is 18.3 Å². The van der Waals surface area contributed by atoms with Gasteiger partial charge >= 0.3 is 5.97 Å². The minimum Gasteiger partial charge on any atom is -0.482 e. The van der Waals surface area contributed by atoms with Crippen molar-refractivity contribution in [1.82, 2.24) is 5.16 Å². The average Bonchev–Trinajstić information content (AvgIpc) is 2.96. The van der Waals surface area contributed by atoms with E-state index in [1.165, 1.54) is 6.07 Å². The molecule has 8 nitrogen and oxygen atoms in total. The largest absolute Gasteiger partial charge is 0.482 e. The van der Waals surface area contributed by atoms with Crippen LogP contribution in [0.1, 0.15) is 11.3 Å². The third-order valence-corrected chi connectivity index (χ3v) is 2.60. The summed E-state index contributed by atoms with van der Waals surface area (Å²) in [5.74, 6) is -0.0140. The van der Waals surface area contributed by atoms with Gasteiger partial charge in [0.05, 0.1) is 11.6 Å². The normalized spacial score (nSPS) is 9.74. The summed E-state index contributed by atoms with van der Waals surface area (Å²) in [7, 11) is 0. The van der Waals surface area contributed by atoms with Crippen LogP contribution in [0.15, 0.2) is 34.9 Å². The van der Waals surface area contributed by atoms with Crippen molar-refractivity contribution in [2.45, 2.75) is 6.92 Å². The van der Waals surface area contributed by atoms with Crippen LogP contribution in [0.3, 0.4) is 0 Å². The Bertz CT molecular complexity index is 730. The van der Waals surface area contributed by atoms with Gasteiger partial charge in [-0.15, -0.1) is 0 Å². The first-order chi connectivity index (χ1) is 11.1. The van der Waals surface area contributed by atoms with E-state index in [1.54, 1.807) is 31.2 Å². The summed E-state index contributed by atoms with van der Waals surface area (Å²) in [6.45, 7) is 0.882. The van der Waals surface area contributed by atoms with Gasteiger partial charge < -0.3 is 19.3 Å². The second kappa shape index (κ2) is 7.61. The number of hydrogen-bond donors (Lipinski definition) is 1. The smallest absolute Gasteiger partial charge is 0.344 e. The summed E-state index contributed by atoms with van der Waals surface area (Å²) < 4.78 is 14.7. The van der Waals surface area contributed by atoms with Crippen LogP contribution in [0.4, 0.5) is 5.82 Å². The molecule has 1 aromatic carbocycles. The van der Waals surface area contributed by atoms with E-state index in [1.807, 2.05) is 6.07 Å². The van der Waals surface area contributed by atoms with Crippen LogP contribution in [0.25, 0.3) is 0 Å². The van der Waals surface area contributed by atoms with Crippen LogP contribution >= 0.6 is 0 Å². The van der Waals surface area contributed by atoms with Gasteiger partial charge in [-0.3, -0.25) is 4.79 Å². The summed E-state index contributed by atoms with van der Waals surface area (Å²) in [6, 6.07) is 9.75. The van der Waals surface area contributed by atoms with E-state index in [9.17, 15) is 9.59 Å². The maximum atomic E-state index is 11.5. The molecule has 0 saturated heterocycles. The Kier molecular flexibility index (Phi) is 5.30. The van der Waals surface area contributed by atoms with Crippen LogP contribution in [0.5, 0.6) is 5.75 Å². The molecule has 0 aliphatic carbocycles. The molecular weight excluding hydrogens is 302 g/mol. The van der Waals surface area contributed by atoms with Crippen molar-refractivity contribution in [2.24, 2.45) is 0 Å². The predicted molar refractivity (Wildman–Crippen MR) is 77.5 cm³/mol. The van der Waals surface area contributed by atoms with Crippen molar-refractivity contribution in [1.29, 1.82) is 5.26 Å². The number of aromatic nitrogens is 1. The van der Waals surface area contributed by atoms with Crippen LogP contribution in [0.2, 0.25) is 0 Å². The third kappa shape index (κ3) is 5.17. The molecule has 1 amide bonds. The number of ether oxygens (including phenoxy) is 2. The number of hydrogen-bond acceptors (Lipinski definition) is 7. The SMILES string of the molecule is Cc1cc(NC(=O)COC(=O)COc2ccc(C#N)cc2)no1. The summed E-state index contributed by atoms with van der Waals surface area (Å²) in [4.78, 5) is 23.0. The van der Waals surface area contributed by atoms with E-state index in [0.29, 0.717) is 17.1 Å². The molecule has 0 saturated carbocycles. The molecule has 0 unspecified atom stereocenters. The van der Waals surface area contributed by atoms with Crippen LogP contribution in [-0.4, -0.2) is 30.2 Å². The van der Waals surface area contributed by atoms with Crippen molar-refractivity contribution < 1.29 is 23.6 Å². The average molecular weight is 315 g/mol. The highest BCUT2D eigenvalue weighted by molar-refractivity contribution is 5.91. The van der Waals surface area contributed by atoms with E-state index >= 15 is 0 Å². The van der Waals surface area contributed by atoms with Gasteiger partial charge in [0.25, 0.3) is 5.91 Å². The van der Waals surface area contributed by atoms with Gasteiger partial charge in [-0.1, -0.05) is 5.16 Å². The number of nitriles is 1. The fraction of sp³-hybridized carbons (Fsp3) is 0.200. The molecule has 1 aromatic heterocycles. The molecular formula is C15H13N3O5. The lowest BCUT2D eigenvalue weighted by Gasteiger charge is -2.06. The first kappa shape index (κ1) is 16.0. The van der Waals surface area contributed by atoms with Crippen molar-refractivity contribution in [3.05, 3.63) is 41.7 Å². The maximum absolute atomic E-state index is 11.5. The Labute approximate surface area is 131 Å². The van der Waals surface area contributed by atoms with Crippen molar-refractivity contribution in [3.8, 4) is 11.8 Å². The van der Waals surface area contributed by atoms with Gasteiger partial charge in [-0.05, 0) is 31.2 Å². The Morgan fingerprint density at radius 1 is 1.30 bits per heavy atom. The van der Waals surface area contributed by atoms with Gasteiger partial charge in [-0.2, -0.15) is 5.26 Å². The summed E-state index contributed by atoms with van der Waals surface area (Å²) >= 11 is 0. The molecule has 0 spiro atoms. The second-order valence-electron chi connectivity index (χ2n) is 4.46. The molecule has 0 bridgehead atoms. The maximum Gasteiger partial charge on any atom is 0.344 e. The number of anilines is 1. The number of aryl methyl sites for hydroxylation is 1. The fourth-order valence-electron chi connectivity index (χ4n) is 1.56. The van der Waals surface area contributed by atoms with Crippen LogP contribution in [-0.2, 0) is 14.3 Å². The number of esters is 1. The zero-order valence-corrected chi connectivity index (χ0v) is 12.2. The third-order valence-electron chi connectivity index (χ3n) is 2.60. The van der Waals surface area contributed by atoms with Gasteiger partial charge in [-0.25, -0.2) is 4.79 Å². The predicted octanol–water partition coefficient (Wildman–Crippen LogP) is 1.42. The second-order valence-corrected chi connectivity index (χ2v) is 4.46. The summed E-state index contributed by atoms with van der Waals surface area (Å²) in [5, 5.41) is 14.7. The molecule has 118 valence electrons. The van der Waals surface area contributed by atoms with E-state index in [-0.39, 0.29) is 12.4 Å².